The zero-order chi connectivity index (χ0) is 27.4. The minimum atomic E-state index is -1.10. The van der Waals surface area contributed by atoms with Crippen LogP contribution in [0.15, 0.2) is 43.5 Å². The predicted octanol–water partition coefficient (Wildman–Crippen LogP) is 3.48. The van der Waals surface area contributed by atoms with Gasteiger partial charge >= 0.3 is 5.97 Å². The van der Waals surface area contributed by atoms with Gasteiger partial charge in [0.1, 0.15) is 11.6 Å². The number of carbonyl (C=O) groups is 3. The first-order valence-corrected chi connectivity index (χ1v) is 13.7. The second kappa shape index (κ2) is 11.8. The number of anilines is 1. The van der Waals surface area contributed by atoms with Crippen molar-refractivity contribution in [2.24, 2.45) is 11.8 Å². The van der Waals surface area contributed by atoms with Gasteiger partial charge in [0.2, 0.25) is 5.91 Å². The number of hydrogen-bond acceptors (Lipinski definition) is 6. The molecule has 8 heteroatoms. The molecule has 3 aliphatic heterocycles. The molecule has 0 aromatic heterocycles. The summed E-state index contributed by atoms with van der Waals surface area (Å²) in [6, 6.07) is 5.02. The number of benzene rings is 1. The van der Waals surface area contributed by atoms with E-state index in [0.717, 1.165) is 36.1 Å². The lowest BCUT2D eigenvalue weighted by molar-refractivity contribution is -0.155. The second-order valence-electron chi connectivity index (χ2n) is 10.6. The van der Waals surface area contributed by atoms with Gasteiger partial charge in [-0.15, -0.1) is 13.2 Å². The van der Waals surface area contributed by atoms with E-state index < -0.39 is 35.6 Å². The lowest BCUT2D eigenvalue weighted by Crippen LogP contribution is -2.56. The van der Waals surface area contributed by atoms with E-state index in [2.05, 4.69) is 13.2 Å². The Morgan fingerprint density at radius 3 is 2.74 bits per heavy atom. The van der Waals surface area contributed by atoms with Crippen LogP contribution in [-0.4, -0.2) is 71.8 Å². The van der Waals surface area contributed by atoms with Crippen molar-refractivity contribution in [3.8, 4) is 0 Å². The van der Waals surface area contributed by atoms with Crippen LogP contribution in [0.25, 0.3) is 0 Å². The number of rotatable bonds is 13. The first-order chi connectivity index (χ1) is 18.3. The van der Waals surface area contributed by atoms with Gasteiger partial charge in [0, 0.05) is 25.4 Å². The number of likely N-dealkylation sites (tertiary alicyclic amines) is 1. The molecule has 3 saturated heterocycles. The summed E-state index contributed by atoms with van der Waals surface area (Å²) in [5, 5.41) is 9.55. The topological polar surface area (TPSA) is 96.4 Å². The summed E-state index contributed by atoms with van der Waals surface area (Å²) in [5.41, 5.74) is 1.60. The third-order valence-electron chi connectivity index (χ3n) is 8.14. The van der Waals surface area contributed by atoms with Gasteiger partial charge in [-0.3, -0.25) is 14.4 Å². The standard InChI is InChI=1S/C30H40N2O6/c1-5-7-8-9-18-37-29(36)24-23-13-14-30(38-23)25(24)27(34)32(16-10-17-33)26(30)28(35)31(15-6-2)22-19-20(3)11-12-21(22)4/h5-6,11-12,19,23-26,33H,1-2,7-10,13-18H2,3-4H3/t23-,24+,25-,26?,30?/m0/s1. The summed E-state index contributed by atoms with van der Waals surface area (Å²) in [4.78, 5) is 44.8. The molecule has 3 aliphatic rings. The molecule has 0 saturated carbocycles. The number of allylic oxidation sites excluding steroid dienone is 1. The molecule has 0 radical (unpaired) electrons. The lowest BCUT2D eigenvalue weighted by Gasteiger charge is -2.37. The number of esters is 1. The number of hydrogen-bond donors (Lipinski definition) is 1. The molecule has 4 rings (SSSR count). The van der Waals surface area contributed by atoms with E-state index in [4.69, 9.17) is 9.47 Å². The fourth-order valence-corrected chi connectivity index (χ4v) is 6.44. The molecule has 1 aromatic rings. The van der Waals surface area contributed by atoms with Gasteiger partial charge in [-0.1, -0.05) is 24.3 Å². The number of nitrogens with zero attached hydrogens (tertiary/aromatic N) is 2. The molecule has 38 heavy (non-hydrogen) atoms. The van der Waals surface area contributed by atoms with Crippen molar-refractivity contribution in [3.63, 3.8) is 0 Å². The van der Waals surface area contributed by atoms with E-state index in [1.165, 1.54) is 4.90 Å². The maximum Gasteiger partial charge on any atom is 0.312 e. The van der Waals surface area contributed by atoms with Crippen molar-refractivity contribution in [3.05, 3.63) is 54.6 Å². The van der Waals surface area contributed by atoms with Crippen LogP contribution in [0.4, 0.5) is 5.69 Å². The highest BCUT2D eigenvalue weighted by Crippen LogP contribution is 2.59. The molecule has 206 valence electrons. The van der Waals surface area contributed by atoms with Crippen molar-refractivity contribution in [1.82, 2.24) is 4.90 Å². The largest absolute Gasteiger partial charge is 0.465 e. The summed E-state index contributed by atoms with van der Waals surface area (Å²) in [6.07, 6.45) is 6.91. The van der Waals surface area contributed by atoms with Gasteiger partial charge in [0.15, 0.2) is 0 Å². The zero-order valence-electron chi connectivity index (χ0n) is 22.6. The number of aliphatic hydroxyl groups is 1. The van der Waals surface area contributed by atoms with Crippen molar-refractivity contribution in [2.45, 2.75) is 70.1 Å². The van der Waals surface area contributed by atoms with Crippen LogP contribution in [0.2, 0.25) is 0 Å². The molecule has 1 aromatic carbocycles. The SMILES string of the molecule is C=CCCCCOC(=O)[C@@H]1[C@@H]2CCC3(O2)C(C(=O)N(CC=C)c2cc(C)ccc2C)N(CCCO)C(=O)[C@H]13. The average Bonchev–Trinajstić information content (AvgIpc) is 3.54. The van der Waals surface area contributed by atoms with Crippen LogP contribution in [-0.2, 0) is 23.9 Å². The summed E-state index contributed by atoms with van der Waals surface area (Å²) >= 11 is 0. The maximum atomic E-state index is 14.4. The van der Waals surface area contributed by atoms with E-state index in [1.54, 1.807) is 11.0 Å². The maximum absolute atomic E-state index is 14.4. The number of amides is 2. The Kier molecular flexibility index (Phi) is 8.73. The summed E-state index contributed by atoms with van der Waals surface area (Å²) in [6.45, 7) is 12.1. The van der Waals surface area contributed by atoms with Crippen molar-refractivity contribution in [1.29, 1.82) is 0 Å². The third kappa shape index (κ3) is 4.92. The van der Waals surface area contributed by atoms with E-state index >= 15 is 0 Å². The van der Waals surface area contributed by atoms with E-state index in [9.17, 15) is 19.5 Å². The fourth-order valence-electron chi connectivity index (χ4n) is 6.44. The summed E-state index contributed by atoms with van der Waals surface area (Å²) < 4.78 is 12.1. The fraction of sp³-hybridized carbons (Fsp3) is 0.567. The molecule has 2 unspecified atom stereocenters. The molecular weight excluding hydrogens is 484 g/mol. The van der Waals surface area contributed by atoms with Gasteiger partial charge in [-0.2, -0.15) is 0 Å². The zero-order valence-corrected chi connectivity index (χ0v) is 22.6. The number of unbranched alkanes of at least 4 members (excludes halogenated alkanes) is 2. The quantitative estimate of drug-likeness (QED) is 0.241. The van der Waals surface area contributed by atoms with Gasteiger partial charge in [-0.05, 0) is 69.6 Å². The first-order valence-electron chi connectivity index (χ1n) is 13.7. The predicted molar refractivity (Wildman–Crippen MR) is 144 cm³/mol. The Morgan fingerprint density at radius 2 is 2.03 bits per heavy atom. The Balaban J connectivity index is 1.67. The Bertz CT molecular complexity index is 1090. The van der Waals surface area contributed by atoms with Crippen molar-refractivity contribution in [2.75, 3.05) is 31.2 Å². The molecular formula is C30H40N2O6. The van der Waals surface area contributed by atoms with Crippen LogP contribution < -0.4 is 4.90 Å². The number of aliphatic hydroxyl groups excluding tert-OH is 1. The highest BCUT2D eigenvalue weighted by molar-refractivity contribution is 6.05. The number of aryl methyl sites for hydroxylation is 2. The van der Waals surface area contributed by atoms with E-state index in [-0.39, 0.29) is 38.1 Å². The molecule has 5 atom stereocenters. The minimum Gasteiger partial charge on any atom is -0.465 e. The summed E-state index contributed by atoms with van der Waals surface area (Å²) in [7, 11) is 0. The number of fused-ring (bicyclic) bond motifs is 1. The molecule has 1 spiro atoms. The van der Waals surface area contributed by atoms with Crippen LogP contribution in [0, 0.1) is 25.7 Å². The number of carbonyl (C=O) groups excluding carboxylic acids is 3. The lowest BCUT2D eigenvalue weighted by atomic mass is 9.70. The van der Waals surface area contributed by atoms with E-state index in [0.29, 0.717) is 19.3 Å². The average molecular weight is 525 g/mol. The monoisotopic (exact) mass is 524 g/mol. The molecule has 2 bridgehead atoms. The second-order valence-corrected chi connectivity index (χ2v) is 10.6. The molecule has 3 heterocycles. The van der Waals surface area contributed by atoms with Crippen LogP contribution >= 0.6 is 0 Å². The highest BCUT2D eigenvalue weighted by Gasteiger charge is 2.75. The van der Waals surface area contributed by atoms with E-state index in [1.807, 2.05) is 38.1 Å². The smallest absolute Gasteiger partial charge is 0.312 e. The first kappa shape index (κ1) is 28.0. The normalized spacial score (nSPS) is 27.3. The highest BCUT2D eigenvalue weighted by atomic mass is 16.6. The minimum absolute atomic E-state index is 0.116. The Morgan fingerprint density at radius 1 is 1.24 bits per heavy atom. The molecule has 0 aliphatic carbocycles. The van der Waals surface area contributed by atoms with Gasteiger partial charge < -0.3 is 24.4 Å². The van der Waals surface area contributed by atoms with Crippen LogP contribution in [0.5, 0.6) is 0 Å². The van der Waals surface area contributed by atoms with Gasteiger partial charge in [0.25, 0.3) is 5.91 Å². The van der Waals surface area contributed by atoms with Gasteiger partial charge in [0.05, 0.1) is 24.5 Å². The number of ether oxygens (including phenoxy) is 2. The molecule has 1 N–H and O–H groups in total. The van der Waals surface area contributed by atoms with Crippen LogP contribution in [0.3, 0.4) is 0 Å². The van der Waals surface area contributed by atoms with Crippen molar-refractivity contribution >= 4 is 23.5 Å². The van der Waals surface area contributed by atoms with Crippen molar-refractivity contribution < 1.29 is 29.0 Å². The molecule has 8 nitrogen and oxygen atoms in total. The third-order valence-corrected chi connectivity index (χ3v) is 8.14. The van der Waals surface area contributed by atoms with Gasteiger partial charge in [-0.25, -0.2) is 0 Å². The Labute approximate surface area is 225 Å². The molecule has 3 fully saturated rings. The molecule has 2 amide bonds. The Hall–Kier alpha value is -2.97. The van der Waals surface area contributed by atoms with Crippen LogP contribution in [0.1, 0.15) is 49.7 Å². The summed E-state index contributed by atoms with van der Waals surface area (Å²) in [5.74, 6) is -2.47.